The number of esters is 4. The Morgan fingerprint density at radius 1 is 0.287 bits per heavy atom. The molecule has 3 unspecified atom stereocenters. The van der Waals surface area contributed by atoms with E-state index in [1.165, 1.54) is 250 Å². The van der Waals surface area contributed by atoms with Crippen molar-refractivity contribution in [2.75, 3.05) is 39.6 Å². The van der Waals surface area contributed by atoms with Crippen molar-refractivity contribution in [2.45, 2.75) is 452 Å². The van der Waals surface area contributed by atoms with Gasteiger partial charge in [-0.3, -0.25) is 37.3 Å². The van der Waals surface area contributed by atoms with E-state index in [9.17, 15) is 43.2 Å². The third-order valence-electron chi connectivity index (χ3n) is 19.6. The van der Waals surface area contributed by atoms with Gasteiger partial charge in [-0.25, -0.2) is 9.13 Å². The number of unbranched alkanes of at least 4 members (excludes halogenated alkanes) is 50. The average Bonchev–Trinajstić information content (AvgIpc) is 0.989. The first-order valence-corrected chi connectivity index (χ1v) is 45.5. The normalized spacial score (nSPS) is 14.2. The maximum Gasteiger partial charge on any atom is 0.472 e. The van der Waals surface area contributed by atoms with E-state index in [-0.39, 0.29) is 25.7 Å². The number of aliphatic hydroxyl groups is 1. The van der Waals surface area contributed by atoms with Crippen LogP contribution in [0.25, 0.3) is 0 Å². The van der Waals surface area contributed by atoms with Gasteiger partial charge in [-0.15, -0.1) is 0 Å². The van der Waals surface area contributed by atoms with Crippen LogP contribution in [0.2, 0.25) is 0 Å². The molecule has 6 atom stereocenters. The summed E-state index contributed by atoms with van der Waals surface area (Å²) < 4.78 is 68.8. The molecule has 0 aromatic rings. The lowest BCUT2D eigenvalue weighted by atomic mass is 9.99. The molecule has 0 fully saturated rings. The van der Waals surface area contributed by atoms with Crippen molar-refractivity contribution >= 4 is 39.5 Å². The first-order chi connectivity index (χ1) is 48.9. The van der Waals surface area contributed by atoms with Gasteiger partial charge in [0.25, 0.3) is 0 Å². The summed E-state index contributed by atoms with van der Waals surface area (Å²) >= 11 is 0. The topological polar surface area (TPSA) is 237 Å². The van der Waals surface area contributed by atoms with Crippen LogP contribution in [0.1, 0.15) is 433 Å². The van der Waals surface area contributed by atoms with Crippen LogP contribution in [0.3, 0.4) is 0 Å². The minimum Gasteiger partial charge on any atom is -0.462 e. The predicted octanol–water partition coefficient (Wildman–Crippen LogP) is 24.7. The zero-order valence-electron chi connectivity index (χ0n) is 66.2. The van der Waals surface area contributed by atoms with Gasteiger partial charge in [-0.1, -0.05) is 382 Å². The molecule has 0 aliphatic carbocycles. The molecular formula is C82H160O17P2. The molecule has 0 aromatic carbocycles. The van der Waals surface area contributed by atoms with Gasteiger partial charge < -0.3 is 33.8 Å². The fraction of sp³-hybridized carbons (Fsp3) is 0.951. The van der Waals surface area contributed by atoms with Crippen molar-refractivity contribution in [2.24, 2.45) is 11.8 Å². The Kier molecular flexibility index (Phi) is 72.2. The molecule has 0 heterocycles. The summed E-state index contributed by atoms with van der Waals surface area (Å²) in [5.74, 6) is -0.594. The number of aliphatic hydroxyl groups excluding tert-OH is 1. The van der Waals surface area contributed by atoms with Crippen molar-refractivity contribution in [1.29, 1.82) is 0 Å². The molecule has 0 aliphatic rings. The number of phosphoric acid groups is 2. The van der Waals surface area contributed by atoms with Crippen molar-refractivity contribution < 1.29 is 80.2 Å². The largest absolute Gasteiger partial charge is 0.472 e. The molecule has 19 heteroatoms. The third-order valence-corrected chi connectivity index (χ3v) is 21.5. The Balaban J connectivity index is 5.24. The standard InChI is InChI=1S/C82H160O17P2/c1-7-10-12-14-16-18-20-22-24-26-28-30-32-34-36-40-48-54-60-66-81(86)98-77(70-92-79(84)64-58-52-46-39-35-33-31-29-27-25-23-21-19-17-15-13-11-8-2)72-96-100(88,89)94-68-76(83)69-95-101(90,91)97-73-78(99-82(87)67-61-55-49-41-37-38-44-50-56-62-74(4)5)71-93-80(85)65-59-53-47-43-42-45-51-57-63-75(6)9-3/h74-78,83H,7-73H2,1-6H3,(H,88,89)(H,90,91)/t75?,76-,77-,78-/m1/s1. The Bertz CT molecular complexity index is 1940. The molecule has 3 N–H and O–H groups in total. The van der Waals surface area contributed by atoms with E-state index in [4.69, 9.17) is 37.0 Å². The van der Waals surface area contributed by atoms with Gasteiger partial charge in [0.2, 0.25) is 0 Å². The molecule has 17 nitrogen and oxygen atoms in total. The maximum absolute atomic E-state index is 13.1. The Labute approximate surface area is 619 Å². The second kappa shape index (κ2) is 73.6. The van der Waals surface area contributed by atoms with Crippen LogP contribution in [-0.2, 0) is 65.4 Å². The fourth-order valence-electron chi connectivity index (χ4n) is 12.7. The third kappa shape index (κ3) is 74.7. The molecule has 0 aliphatic heterocycles. The summed E-state index contributed by atoms with van der Waals surface area (Å²) in [7, 11) is -9.92. The smallest absolute Gasteiger partial charge is 0.462 e. The van der Waals surface area contributed by atoms with Gasteiger partial charge in [-0.05, 0) is 37.5 Å². The minimum absolute atomic E-state index is 0.105. The van der Waals surface area contributed by atoms with E-state index < -0.39 is 97.5 Å². The number of hydrogen-bond acceptors (Lipinski definition) is 15. The van der Waals surface area contributed by atoms with E-state index in [2.05, 4.69) is 41.5 Å². The Hall–Kier alpha value is -1.94. The molecule has 0 spiro atoms. The zero-order chi connectivity index (χ0) is 74.2. The second-order valence-corrected chi connectivity index (χ2v) is 33.1. The van der Waals surface area contributed by atoms with Crippen molar-refractivity contribution in [3.63, 3.8) is 0 Å². The number of ether oxygens (including phenoxy) is 4. The highest BCUT2D eigenvalue weighted by atomic mass is 31.2. The van der Waals surface area contributed by atoms with Gasteiger partial charge in [0.05, 0.1) is 26.4 Å². The molecular weight excluding hydrogens is 1320 g/mol. The van der Waals surface area contributed by atoms with Gasteiger partial charge in [0.1, 0.15) is 19.3 Å². The number of hydrogen-bond donors (Lipinski definition) is 3. The predicted molar refractivity (Wildman–Crippen MR) is 414 cm³/mol. The highest BCUT2D eigenvalue weighted by Gasteiger charge is 2.30. The van der Waals surface area contributed by atoms with Crippen LogP contribution in [0.4, 0.5) is 0 Å². The van der Waals surface area contributed by atoms with E-state index in [0.29, 0.717) is 25.7 Å². The van der Waals surface area contributed by atoms with E-state index in [0.717, 1.165) is 102 Å². The molecule has 0 rings (SSSR count). The first-order valence-electron chi connectivity index (χ1n) is 42.5. The number of phosphoric ester groups is 2. The summed E-state index contributed by atoms with van der Waals surface area (Å²) in [6, 6.07) is 0. The van der Waals surface area contributed by atoms with Gasteiger partial charge >= 0.3 is 39.5 Å². The maximum atomic E-state index is 13.1. The number of rotatable bonds is 81. The van der Waals surface area contributed by atoms with Crippen LogP contribution in [-0.4, -0.2) is 96.7 Å². The van der Waals surface area contributed by atoms with Crippen molar-refractivity contribution in [1.82, 2.24) is 0 Å². The molecule has 0 saturated heterocycles. The molecule has 0 aromatic heterocycles. The summed E-state index contributed by atoms with van der Waals surface area (Å²) in [4.78, 5) is 73.1. The SMILES string of the molecule is CCCCCCCCCCCCCCCCCCCCCC(=O)O[C@H](COC(=O)CCCCCCCCCCCCCCCCCCCC)COP(=O)(O)OC[C@@H](O)COP(=O)(O)OC[C@@H](COC(=O)CCCCCCCCCCC(C)CC)OC(=O)CCCCCCCCCCCC(C)C. The lowest BCUT2D eigenvalue weighted by Crippen LogP contribution is -2.30. The van der Waals surface area contributed by atoms with Gasteiger partial charge in [-0.2, -0.15) is 0 Å². The fourth-order valence-corrected chi connectivity index (χ4v) is 14.3. The van der Waals surface area contributed by atoms with E-state index in [1.807, 2.05) is 0 Å². The Morgan fingerprint density at radius 2 is 0.505 bits per heavy atom. The van der Waals surface area contributed by atoms with Crippen LogP contribution in [0.5, 0.6) is 0 Å². The summed E-state index contributed by atoms with van der Waals surface area (Å²) in [5.41, 5.74) is 0. The number of carbonyl (C=O) groups excluding carboxylic acids is 4. The molecule has 0 amide bonds. The second-order valence-electron chi connectivity index (χ2n) is 30.2. The first kappa shape index (κ1) is 99.1. The van der Waals surface area contributed by atoms with Crippen molar-refractivity contribution in [3.05, 3.63) is 0 Å². The lowest BCUT2D eigenvalue weighted by Gasteiger charge is -2.21. The average molecular weight is 1480 g/mol. The zero-order valence-corrected chi connectivity index (χ0v) is 68.0. The lowest BCUT2D eigenvalue weighted by molar-refractivity contribution is -0.161. The summed E-state index contributed by atoms with van der Waals surface area (Å²) in [5, 5.41) is 10.6. The van der Waals surface area contributed by atoms with E-state index in [1.54, 1.807) is 0 Å². The number of carbonyl (C=O) groups is 4. The van der Waals surface area contributed by atoms with Crippen LogP contribution in [0.15, 0.2) is 0 Å². The Morgan fingerprint density at radius 3 is 0.752 bits per heavy atom. The van der Waals surface area contributed by atoms with Crippen LogP contribution in [0, 0.1) is 11.8 Å². The van der Waals surface area contributed by atoms with Gasteiger partial charge in [0, 0.05) is 25.7 Å². The molecule has 0 saturated carbocycles. The molecule has 0 radical (unpaired) electrons. The summed E-state index contributed by atoms with van der Waals surface area (Å²) in [6.45, 7) is 9.62. The van der Waals surface area contributed by atoms with Crippen LogP contribution < -0.4 is 0 Å². The monoisotopic (exact) mass is 1480 g/mol. The highest BCUT2D eigenvalue weighted by molar-refractivity contribution is 7.47. The minimum atomic E-state index is -4.96. The molecule has 101 heavy (non-hydrogen) atoms. The quantitative estimate of drug-likeness (QED) is 0.0222. The molecule has 600 valence electrons. The van der Waals surface area contributed by atoms with Crippen LogP contribution >= 0.6 is 15.6 Å². The van der Waals surface area contributed by atoms with E-state index >= 15 is 0 Å². The summed E-state index contributed by atoms with van der Waals surface area (Å²) in [6.07, 6.45) is 63.9. The molecule has 0 bridgehead atoms. The van der Waals surface area contributed by atoms with Crippen molar-refractivity contribution in [3.8, 4) is 0 Å². The highest BCUT2D eigenvalue weighted by Crippen LogP contribution is 2.45. The van der Waals surface area contributed by atoms with Gasteiger partial charge in [0.15, 0.2) is 12.2 Å².